The summed E-state index contributed by atoms with van der Waals surface area (Å²) >= 11 is 0. The van der Waals surface area contributed by atoms with Gasteiger partial charge in [0.1, 0.15) is 5.75 Å². The van der Waals surface area contributed by atoms with Gasteiger partial charge in [-0.1, -0.05) is 6.07 Å². The number of aliphatic hydroxyl groups is 1. The fourth-order valence-corrected chi connectivity index (χ4v) is 6.01. The molecule has 1 aliphatic heterocycles. The third-order valence-corrected chi connectivity index (χ3v) is 7.37. The van der Waals surface area contributed by atoms with Gasteiger partial charge in [0.05, 0.1) is 40.0 Å². The van der Waals surface area contributed by atoms with Crippen molar-refractivity contribution >= 4 is 26.6 Å². The van der Waals surface area contributed by atoms with Crippen LogP contribution in [-0.4, -0.2) is 52.6 Å². The summed E-state index contributed by atoms with van der Waals surface area (Å²) in [6, 6.07) is 11.7. The molecule has 0 radical (unpaired) electrons. The lowest BCUT2D eigenvalue weighted by molar-refractivity contribution is 0.0859. The quantitative estimate of drug-likeness (QED) is 0.584. The minimum absolute atomic E-state index is 0.0965. The van der Waals surface area contributed by atoms with Crippen molar-refractivity contribution in [3.8, 4) is 11.4 Å². The minimum atomic E-state index is -3.10. The zero-order valence-corrected chi connectivity index (χ0v) is 18.7. The Morgan fingerprint density at radius 1 is 1.25 bits per heavy atom. The Morgan fingerprint density at radius 2 is 1.97 bits per heavy atom. The normalized spacial score (nSPS) is 18.5. The highest BCUT2D eigenvalue weighted by Crippen LogP contribution is 2.29. The van der Waals surface area contributed by atoms with Crippen LogP contribution in [0.25, 0.3) is 16.6 Å². The van der Waals surface area contributed by atoms with Crippen LogP contribution in [0.5, 0.6) is 5.75 Å². The highest BCUT2D eigenvalue weighted by Gasteiger charge is 2.45. The summed E-state index contributed by atoms with van der Waals surface area (Å²) in [4.78, 5) is 12.8. The summed E-state index contributed by atoms with van der Waals surface area (Å²) in [6.07, 6.45) is -2.38. The van der Waals surface area contributed by atoms with E-state index in [2.05, 4.69) is 10.4 Å². The molecule has 0 aliphatic carbocycles. The number of alkyl halides is 1. The zero-order chi connectivity index (χ0) is 23.3. The average molecular weight is 462 g/mol. The number of aromatic nitrogens is 2. The molecule has 32 heavy (non-hydrogen) atoms. The highest BCUT2D eigenvalue weighted by molar-refractivity contribution is 7.93. The predicted octanol–water partition coefficient (Wildman–Crippen LogP) is 2.69. The molecule has 8 nitrogen and oxygen atoms in total. The van der Waals surface area contributed by atoms with Gasteiger partial charge in [-0.25, -0.2) is 17.5 Å². The number of carbonyl (C=O) groups is 1. The first-order chi connectivity index (χ1) is 15.0. The topological polar surface area (TPSA) is 111 Å². The summed E-state index contributed by atoms with van der Waals surface area (Å²) in [7, 11) is -3.10. The van der Waals surface area contributed by atoms with Gasteiger partial charge in [-0.05, 0) is 44.2 Å². The molecule has 1 amide bonds. The molecule has 2 aromatic carbocycles. The number of nitrogens with zero attached hydrogens (tertiary/aromatic N) is 2. The molecule has 1 aliphatic rings. The van der Waals surface area contributed by atoms with Gasteiger partial charge < -0.3 is 15.2 Å². The number of hydrogen-bond donors (Lipinski definition) is 2. The maximum Gasteiger partial charge on any atom is 0.251 e. The van der Waals surface area contributed by atoms with Crippen molar-refractivity contribution < 1.29 is 27.4 Å². The number of benzene rings is 2. The van der Waals surface area contributed by atoms with Crippen molar-refractivity contribution in [2.75, 3.05) is 11.5 Å². The third-order valence-electron chi connectivity index (χ3n) is 5.22. The molecule has 170 valence electrons. The van der Waals surface area contributed by atoms with Crippen molar-refractivity contribution in [1.82, 2.24) is 15.1 Å². The molecule has 1 saturated heterocycles. The number of rotatable bonds is 6. The summed E-state index contributed by atoms with van der Waals surface area (Å²) in [6.45, 7) is 4.55. The van der Waals surface area contributed by atoms with E-state index >= 15 is 0 Å². The lowest BCUT2D eigenvalue weighted by Crippen LogP contribution is -2.63. The summed E-state index contributed by atoms with van der Waals surface area (Å²) in [5, 5.41) is 18.1. The number of aliphatic hydroxyl groups excluding tert-OH is 1. The highest BCUT2D eigenvalue weighted by atomic mass is 32.2. The molecule has 4 rings (SSSR count). The zero-order valence-electron chi connectivity index (χ0n) is 17.9. The predicted molar refractivity (Wildman–Crippen MR) is 117 cm³/mol. The Balaban J connectivity index is 1.71. The van der Waals surface area contributed by atoms with E-state index in [1.807, 2.05) is 0 Å². The second-order valence-corrected chi connectivity index (χ2v) is 10.5. The second kappa shape index (κ2) is 7.86. The Labute approximate surface area is 184 Å². The molecule has 2 atom stereocenters. The molecule has 2 heterocycles. The van der Waals surface area contributed by atoms with Gasteiger partial charge in [-0.2, -0.15) is 5.10 Å². The number of fused-ring (bicyclic) bond motifs is 1. The molecule has 1 aromatic heterocycles. The van der Waals surface area contributed by atoms with Crippen LogP contribution in [0.4, 0.5) is 4.39 Å². The van der Waals surface area contributed by atoms with Gasteiger partial charge in [-0.3, -0.25) is 4.79 Å². The molecule has 0 saturated carbocycles. The van der Waals surface area contributed by atoms with E-state index in [0.717, 1.165) is 0 Å². The van der Waals surface area contributed by atoms with Crippen molar-refractivity contribution in [3.05, 3.63) is 53.7 Å². The maximum absolute atomic E-state index is 13.2. The maximum atomic E-state index is 13.2. The first-order valence-electron chi connectivity index (χ1n) is 10.1. The van der Waals surface area contributed by atoms with Gasteiger partial charge in [0.2, 0.25) is 6.36 Å². The van der Waals surface area contributed by atoms with E-state index in [4.69, 9.17) is 4.74 Å². The summed E-state index contributed by atoms with van der Waals surface area (Å²) in [5.74, 6) is -0.262. The lowest BCUT2D eigenvalue weighted by atomic mass is 10.0. The summed E-state index contributed by atoms with van der Waals surface area (Å²) < 4.78 is 43.0. The number of hydrogen-bond acceptors (Lipinski definition) is 6. The Morgan fingerprint density at radius 3 is 2.59 bits per heavy atom. The van der Waals surface area contributed by atoms with Gasteiger partial charge in [0.25, 0.3) is 5.91 Å². The standard InChI is InChI=1S/C22H24FN3O5S/c1-13(27)20-18-9-15(21(28)24-22(3)11-32(29,30)12-22)7-8-19(18)26(25-20)16-5-4-6-17(10-16)31-14(2)23/h4-10,13-14,27H,11-12H2,1-3H3,(H,24,28)/t13-,14?/m1/s1. The fourth-order valence-electron chi connectivity index (χ4n) is 4.01. The Hall–Kier alpha value is -2.98. The second-order valence-electron chi connectivity index (χ2n) is 8.41. The number of halogens is 1. The molecule has 3 aromatic rings. The fraction of sp³-hybridized carbons (Fsp3) is 0.364. The molecular weight excluding hydrogens is 437 g/mol. The number of carbonyl (C=O) groups excluding carboxylic acids is 1. The number of amides is 1. The van der Waals surface area contributed by atoms with Gasteiger partial charge in [0.15, 0.2) is 9.84 Å². The average Bonchev–Trinajstić information content (AvgIpc) is 3.05. The van der Waals surface area contributed by atoms with Crippen LogP contribution >= 0.6 is 0 Å². The van der Waals surface area contributed by atoms with Gasteiger partial charge in [0, 0.05) is 23.9 Å². The van der Waals surface area contributed by atoms with Gasteiger partial charge >= 0.3 is 0 Å². The van der Waals surface area contributed by atoms with Crippen molar-refractivity contribution in [2.45, 2.75) is 38.8 Å². The van der Waals surface area contributed by atoms with Crippen LogP contribution in [0.15, 0.2) is 42.5 Å². The molecule has 0 spiro atoms. The third kappa shape index (κ3) is 4.33. The van der Waals surface area contributed by atoms with Crippen LogP contribution in [0.2, 0.25) is 0 Å². The molecule has 1 unspecified atom stereocenters. The van der Waals surface area contributed by atoms with Gasteiger partial charge in [-0.15, -0.1) is 0 Å². The van der Waals surface area contributed by atoms with Crippen LogP contribution in [0.3, 0.4) is 0 Å². The molecule has 0 bridgehead atoms. The van der Waals surface area contributed by atoms with Crippen LogP contribution in [-0.2, 0) is 9.84 Å². The molecule has 2 N–H and O–H groups in total. The van der Waals surface area contributed by atoms with Crippen molar-refractivity contribution in [1.29, 1.82) is 0 Å². The Kier molecular flexibility index (Phi) is 5.46. The molecule has 10 heteroatoms. The van der Waals surface area contributed by atoms with Crippen LogP contribution < -0.4 is 10.1 Å². The molecule has 1 fully saturated rings. The first kappa shape index (κ1) is 22.2. The van der Waals surface area contributed by atoms with Crippen LogP contribution in [0, 0.1) is 0 Å². The molecular formula is C22H24FN3O5S. The largest absolute Gasteiger partial charge is 0.461 e. The minimum Gasteiger partial charge on any atom is -0.461 e. The Bertz CT molecular complexity index is 1290. The van der Waals surface area contributed by atoms with E-state index in [9.17, 15) is 22.7 Å². The van der Waals surface area contributed by atoms with Crippen LogP contribution in [0.1, 0.15) is 42.9 Å². The van der Waals surface area contributed by atoms with E-state index in [0.29, 0.717) is 33.6 Å². The van der Waals surface area contributed by atoms with Crippen molar-refractivity contribution in [3.63, 3.8) is 0 Å². The SMILES string of the molecule is CC(F)Oc1cccc(-n2nc([C@@H](C)O)c3cc(C(=O)NC4(C)CS(=O)(=O)C4)ccc32)c1. The lowest BCUT2D eigenvalue weighted by Gasteiger charge is -2.38. The number of nitrogens with one attached hydrogen (secondary N) is 1. The number of ether oxygens (including phenoxy) is 1. The number of sulfone groups is 1. The van der Waals surface area contributed by atoms with E-state index in [-0.39, 0.29) is 11.5 Å². The smallest absolute Gasteiger partial charge is 0.251 e. The van der Waals surface area contributed by atoms with E-state index < -0.39 is 33.7 Å². The van der Waals surface area contributed by atoms with E-state index in [1.165, 1.54) is 6.92 Å². The van der Waals surface area contributed by atoms with E-state index in [1.54, 1.807) is 61.0 Å². The summed E-state index contributed by atoms with van der Waals surface area (Å²) in [5.41, 5.74) is 1.14. The monoisotopic (exact) mass is 461 g/mol. The van der Waals surface area contributed by atoms with Crippen molar-refractivity contribution in [2.24, 2.45) is 0 Å². The first-order valence-corrected chi connectivity index (χ1v) is 11.9.